The summed E-state index contributed by atoms with van der Waals surface area (Å²) in [5, 5.41) is 13.2. The SMILES string of the molecule is CS(=O)(=O)CCNc1ncnc(N)c1[N+](=O)[O-]. The highest BCUT2D eigenvalue weighted by Crippen LogP contribution is 2.25. The minimum atomic E-state index is -3.14. The zero-order valence-corrected chi connectivity index (χ0v) is 9.77. The molecule has 0 aliphatic heterocycles. The van der Waals surface area contributed by atoms with E-state index in [9.17, 15) is 18.5 Å². The summed E-state index contributed by atoms with van der Waals surface area (Å²) in [5.74, 6) is -0.522. The topological polar surface area (TPSA) is 141 Å². The molecule has 0 unspecified atom stereocenters. The van der Waals surface area contributed by atoms with Crippen molar-refractivity contribution in [2.24, 2.45) is 0 Å². The third-order valence-electron chi connectivity index (χ3n) is 1.80. The summed E-state index contributed by atoms with van der Waals surface area (Å²) in [7, 11) is -3.14. The summed E-state index contributed by atoms with van der Waals surface area (Å²) in [6.07, 6.45) is 2.13. The van der Waals surface area contributed by atoms with E-state index in [-0.39, 0.29) is 23.9 Å². The molecule has 3 N–H and O–H groups in total. The van der Waals surface area contributed by atoms with Crippen LogP contribution in [0.1, 0.15) is 0 Å². The van der Waals surface area contributed by atoms with E-state index < -0.39 is 20.4 Å². The minimum Gasteiger partial charge on any atom is -0.378 e. The number of sulfone groups is 1. The van der Waals surface area contributed by atoms with E-state index in [2.05, 4.69) is 15.3 Å². The molecular formula is C7H11N5O4S. The zero-order chi connectivity index (χ0) is 13.1. The second kappa shape index (κ2) is 4.91. The summed E-state index contributed by atoms with van der Waals surface area (Å²) in [4.78, 5) is 17.1. The maximum Gasteiger partial charge on any atom is 0.352 e. The van der Waals surface area contributed by atoms with Crippen LogP contribution < -0.4 is 11.1 Å². The van der Waals surface area contributed by atoms with Gasteiger partial charge < -0.3 is 11.1 Å². The third kappa shape index (κ3) is 3.83. The maximum atomic E-state index is 10.9. The van der Waals surface area contributed by atoms with E-state index in [0.717, 1.165) is 12.6 Å². The van der Waals surface area contributed by atoms with Crippen LogP contribution >= 0.6 is 0 Å². The highest BCUT2D eigenvalue weighted by atomic mass is 32.2. The van der Waals surface area contributed by atoms with Gasteiger partial charge in [0.05, 0.1) is 10.7 Å². The second-order valence-corrected chi connectivity index (χ2v) is 5.53. The van der Waals surface area contributed by atoms with Crippen LogP contribution in [0.5, 0.6) is 0 Å². The molecule has 1 rings (SSSR count). The van der Waals surface area contributed by atoms with Crippen molar-refractivity contribution in [2.45, 2.75) is 0 Å². The lowest BCUT2D eigenvalue weighted by Gasteiger charge is -2.05. The van der Waals surface area contributed by atoms with Gasteiger partial charge in [-0.15, -0.1) is 0 Å². The number of nitro groups is 1. The Kier molecular flexibility index (Phi) is 3.78. The molecule has 9 nitrogen and oxygen atoms in total. The molecule has 1 aromatic heterocycles. The number of anilines is 2. The van der Waals surface area contributed by atoms with Gasteiger partial charge in [-0.25, -0.2) is 18.4 Å². The molecule has 0 aliphatic carbocycles. The van der Waals surface area contributed by atoms with Crippen molar-refractivity contribution in [3.05, 3.63) is 16.4 Å². The second-order valence-electron chi connectivity index (χ2n) is 3.27. The number of rotatable bonds is 5. The van der Waals surface area contributed by atoms with Crippen molar-refractivity contribution in [3.8, 4) is 0 Å². The molecule has 0 aromatic carbocycles. The molecule has 10 heteroatoms. The molecule has 0 atom stereocenters. The zero-order valence-electron chi connectivity index (χ0n) is 8.95. The quantitative estimate of drug-likeness (QED) is 0.529. The monoisotopic (exact) mass is 261 g/mol. The van der Waals surface area contributed by atoms with Crippen molar-refractivity contribution < 1.29 is 13.3 Å². The molecule has 94 valence electrons. The summed E-state index contributed by atoms with van der Waals surface area (Å²) in [6, 6.07) is 0. The number of nitrogens with two attached hydrogens (primary N) is 1. The summed E-state index contributed by atoms with van der Waals surface area (Å²) in [5.41, 5.74) is 4.87. The van der Waals surface area contributed by atoms with Gasteiger partial charge in [0.15, 0.2) is 0 Å². The molecule has 0 spiro atoms. The Morgan fingerprint density at radius 3 is 2.71 bits per heavy atom. The Hall–Kier alpha value is -1.97. The van der Waals surface area contributed by atoms with Gasteiger partial charge in [0.25, 0.3) is 0 Å². The first-order valence-corrected chi connectivity index (χ1v) is 6.54. The number of hydrogen-bond acceptors (Lipinski definition) is 8. The summed E-state index contributed by atoms with van der Waals surface area (Å²) < 4.78 is 21.8. The largest absolute Gasteiger partial charge is 0.378 e. The van der Waals surface area contributed by atoms with Crippen LogP contribution in [0.15, 0.2) is 6.33 Å². The van der Waals surface area contributed by atoms with Gasteiger partial charge >= 0.3 is 5.69 Å². The van der Waals surface area contributed by atoms with Crippen molar-refractivity contribution in [1.29, 1.82) is 0 Å². The van der Waals surface area contributed by atoms with Crippen LogP contribution in [-0.2, 0) is 9.84 Å². The predicted octanol–water partition coefficient (Wildman–Crippen LogP) is -0.577. The first kappa shape index (κ1) is 13.1. The van der Waals surface area contributed by atoms with E-state index in [0.29, 0.717) is 0 Å². The van der Waals surface area contributed by atoms with Gasteiger partial charge in [0.2, 0.25) is 11.6 Å². The average Bonchev–Trinajstić information content (AvgIpc) is 2.14. The Morgan fingerprint density at radius 1 is 1.53 bits per heavy atom. The number of nitrogens with one attached hydrogen (secondary N) is 1. The van der Waals surface area contributed by atoms with Crippen molar-refractivity contribution in [3.63, 3.8) is 0 Å². The predicted molar refractivity (Wildman–Crippen MR) is 61.3 cm³/mol. The Morgan fingerprint density at radius 2 is 2.18 bits per heavy atom. The fourth-order valence-corrected chi connectivity index (χ4v) is 1.53. The lowest BCUT2D eigenvalue weighted by molar-refractivity contribution is -0.383. The molecule has 0 saturated carbocycles. The number of hydrogen-bond donors (Lipinski definition) is 2. The number of aromatic nitrogens is 2. The fraction of sp³-hybridized carbons (Fsp3) is 0.429. The molecule has 0 bridgehead atoms. The van der Waals surface area contributed by atoms with Gasteiger partial charge in [0, 0.05) is 12.8 Å². The first-order valence-electron chi connectivity index (χ1n) is 4.47. The van der Waals surface area contributed by atoms with Crippen molar-refractivity contribution in [1.82, 2.24) is 9.97 Å². The maximum absolute atomic E-state index is 10.9. The summed E-state index contributed by atoms with van der Waals surface area (Å²) in [6.45, 7) is 0.0100. The van der Waals surface area contributed by atoms with Gasteiger partial charge in [-0.2, -0.15) is 0 Å². The van der Waals surface area contributed by atoms with Gasteiger partial charge in [-0.1, -0.05) is 0 Å². The molecular weight excluding hydrogens is 250 g/mol. The van der Waals surface area contributed by atoms with Gasteiger partial charge in [-0.3, -0.25) is 10.1 Å². The Labute approximate surface area is 97.1 Å². The molecule has 0 amide bonds. The number of nitrogen functional groups attached to an aromatic ring is 1. The van der Waals surface area contributed by atoms with Crippen LogP contribution in [-0.4, -0.2) is 41.9 Å². The van der Waals surface area contributed by atoms with E-state index in [1.807, 2.05) is 0 Å². The molecule has 0 saturated heterocycles. The average molecular weight is 261 g/mol. The van der Waals surface area contributed by atoms with Crippen LogP contribution in [0.3, 0.4) is 0 Å². The van der Waals surface area contributed by atoms with Crippen LogP contribution in [0, 0.1) is 10.1 Å². The standard InChI is InChI=1S/C7H11N5O4S/c1-17(15,16)3-2-9-7-5(12(13)14)6(8)10-4-11-7/h4H,2-3H2,1H3,(H3,8,9,10,11). The molecule has 17 heavy (non-hydrogen) atoms. The van der Waals surface area contributed by atoms with E-state index in [1.54, 1.807) is 0 Å². The molecule has 1 heterocycles. The Balaban J connectivity index is 2.85. The van der Waals surface area contributed by atoms with E-state index in [4.69, 9.17) is 5.73 Å². The molecule has 0 radical (unpaired) electrons. The molecule has 0 fully saturated rings. The van der Waals surface area contributed by atoms with Gasteiger partial charge in [-0.05, 0) is 0 Å². The van der Waals surface area contributed by atoms with Crippen LogP contribution in [0.4, 0.5) is 17.3 Å². The third-order valence-corrected chi connectivity index (χ3v) is 2.74. The normalized spacial score (nSPS) is 11.1. The highest BCUT2D eigenvalue weighted by molar-refractivity contribution is 7.90. The lowest BCUT2D eigenvalue weighted by atomic mass is 10.4. The van der Waals surface area contributed by atoms with Crippen LogP contribution in [0.2, 0.25) is 0 Å². The van der Waals surface area contributed by atoms with Gasteiger partial charge in [0.1, 0.15) is 16.2 Å². The Bertz CT molecular complexity index is 529. The number of nitrogens with zero attached hydrogens (tertiary/aromatic N) is 3. The fourth-order valence-electron chi connectivity index (χ4n) is 1.06. The van der Waals surface area contributed by atoms with Crippen molar-refractivity contribution >= 4 is 27.2 Å². The summed E-state index contributed by atoms with van der Waals surface area (Å²) >= 11 is 0. The minimum absolute atomic E-state index is 0.0100. The molecule has 0 aliphatic rings. The van der Waals surface area contributed by atoms with Crippen LogP contribution in [0.25, 0.3) is 0 Å². The lowest BCUT2D eigenvalue weighted by Crippen LogP contribution is -2.16. The smallest absolute Gasteiger partial charge is 0.352 e. The first-order chi connectivity index (χ1) is 7.81. The van der Waals surface area contributed by atoms with E-state index >= 15 is 0 Å². The van der Waals surface area contributed by atoms with E-state index in [1.165, 1.54) is 0 Å². The molecule has 1 aromatic rings. The van der Waals surface area contributed by atoms with Crippen molar-refractivity contribution in [2.75, 3.05) is 29.6 Å². The highest BCUT2D eigenvalue weighted by Gasteiger charge is 2.20.